The minimum atomic E-state index is 0.208. The molecule has 1 heterocycles. The maximum Gasteiger partial charge on any atom is 0.0985 e. The molecule has 0 aromatic heterocycles. The van der Waals surface area contributed by atoms with Gasteiger partial charge < -0.3 is 14.2 Å². The molecule has 0 amide bonds. The highest BCUT2D eigenvalue weighted by atomic mass is 32.2. The highest BCUT2D eigenvalue weighted by Gasteiger charge is 2.38. The van der Waals surface area contributed by atoms with E-state index >= 15 is 0 Å². The largest absolute Gasteiger partial charge is 0.380 e. The van der Waals surface area contributed by atoms with Crippen LogP contribution in [0.1, 0.15) is 59.3 Å². The van der Waals surface area contributed by atoms with Crippen molar-refractivity contribution in [2.75, 3.05) is 32.2 Å². The van der Waals surface area contributed by atoms with Crippen LogP contribution in [0.25, 0.3) is 0 Å². The predicted octanol–water partition coefficient (Wildman–Crippen LogP) is 4.29. The molecular weight excluding hydrogens is 284 g/mol. The lowest BCUT2D eigenvalue weighted by Gasteiger charge is -2.24. The van der Waals surface area contributed by atoms with E-state index in [0.717, 1.165) is 51.4 Å². The molecule has 3 nitrogen and oxygen atoms in total. The van der Waals surface area contributed by atoms with Crippen molar-refractivity contribution in [3.05, 3.63) is 0 Å². The zero-order chi connectivity index (χ0) is 15.3. The summed E-state index contributed by atoms with van der Waals surface area (Å²) in [4.78, 5) is 0. The fourth-order valence-electron chi connectivity index (χ4n) is 2.34. The van der Waals surface area contributed by atoms with Gasteiger partial charge >= 0.3 is 0 Å². The van der Waals surface area contributed by atoms with E-state index in [4.69, 9.17) is 14.2 Å². The molecule has 0 spiro atoms. The molecule has 4 heteroatoms. The maximum absolute atomic E-state index is 6.13. The van der Waals surface area contributed by atoms with Crippen LogP contribution >= 0.6 is 11.8 Å². The third-order valence-corrected chi connectivity index (χ3v) is 5.12. The van der Waals surface area contributed by atoms with Crippen molar-refractivity contribution in [2.45, 2.75) is 76.8 Å². The molecule has 0 radical (unpaired) electrons. The van der Waals surface area contributed by atoms with Gasteiger partial charge in [-0.1, -0.05) is 40.0 Å². The number of rotatable bonds is 13. The van der Waals surface area contributed by atoms with Crippen LogP contribution in [0.4, 0.5) is 0 Å². The molecule has 1 saturated heterocycles. The number of hydrogen-bond donors (Lipinski definition) is 0. The zero-order valence-corrected chi connectivity index (χ0v) is 15.0. The Hall–Kier alpha value is 0.230. The Balaban J connectivity index is 2.36. The predicted molar refractivity (Wildman–Crippen MR) is 91.3 cm³/mol. The fourth-order valence-corrected chi connectivity index (χ4v) is 3.70. The Morgan fingerprint density at radius 1 is 0.857 bits per heavy atom. The van der Waals surface area contributed by atoms with E-state index in [1.807, 2.05) is 11.8 Å². The molecule has 3 atom stereocenters. The molecule has 1 aliphatic rings. The van der Waals surface area contributed by atoms with Crippen molar-refractivity contribution in [1.82, 2.24) is 0 Å². The van der Waals surface area contributed by atoms with Crippen molar-refractivity contribution in [3.63, 3.8) is 0 Å². The summed E-state index contributed by atoms with van der Waals surface area (Å²) in [6, 6.07) is 0. The summed E-state index contributed by atoms with van der Waals surface area (Å²) in [7, 11) is 0. The summed E-state index contributed by atoms with van der Waals surface area (Å²) in [5.74, 6) is 1.04. The van der Waals surface area contributed by atoms with Crippen molar-refractivity contribution in [2.24, 2.45) is 0 Å². The Morgan fingerprint density at radius 2 is 1.48 bits per heavy atom. The molecule has 0 aliphatic carbocycles. The van der Waals surface area contributed by atoms with Crippen LogP contribution in [0.5, 0.6) is 0 Å². The minimum absolute atomic E-state index is 0.208. The smallest absolute Gasteiger partial charge is 0.0985 e. The van der Waals surface area contributed by atoms with E-state index in [2.05, 4.69) is 20.8 Å². The van der Waals surface area contributed by atoms with Crippen molar-refractivity contribution < 1.29 is 14.2 Å². The molecule has 0 unspecified atom stereocenters. The first-order valence-electron chi connectivity index (χ1n) is 8.75. The van der Waals surface area contributed by atoms with Crippen molar-refractivity contribution >= 4 is 11.8 Å². The highest BCUT2D eigenvalue weighted by Crippen LogP contribution is 2.32. The second-order valence-corrected chi connectivity index (χ2v) is 7.02. The molecule has 0 N–H and O–H groups in total. The Kier molecular flexibility index (Phi) is 11.7. The summed E-state index contributed by atoms with van der Waals surface area (Å²) in [5, 5.41) is 0.435. The van der Waals surface area contributed by atoms with Gasteiger partial charge in [-0.25, -0.2) is 0 Å². The van der Waals surface area contributed by atoms with Gasteiger partial charge in [0.2, 0.25) is 0 Å². The first-order chi connectivity index (χ1) is 10.3. The molecule has 0 saturated carbocycles. The first-order valence-corrected chi connectivity index (χ1v) is 9.80. The molecule has 1 aliphatic heterocycles. The SMILES string of the molecule is CCCCOC[C@@H]1SC[C@H](OCCCC)[C@H]1OCCCC. The monoisotopic (exact) mass is 318 g/mol. The van der Waals surface area contributed by atoms with Gasteiger partial charge in [-0.15, -0.1) is 0 Å². The van der Waals surface area contributed by atoms with Gasteiger partial charge in [0.05, 0.1) is 24.1 Å². The van der Waals surface area contributed by atoms with Crippen molar-refractivity contribution in [3.8, 4) is 0 Å². The molecule has 1 rings (SSSR count). The fraction of sp³-hybridized carbons (Fsp3) is 1.00. The summed E-state index contributed by atoms with van der Waals surface area (Å²) in [5.41, 5.74) is 0. The average Bonchev–Trinajstić information content (AvgIpc) is 2.87. The highest BCUT2D eigenvalue weighted by molar-refractivity contribution is 8.00. The second-order valence-electron chi connectivity index (χ2n) is 5.75. The van der Waals surface area contributed by atoms with Crippen LogP contribution in [-0.4, -0.2) is 49.6 Å². The zero-order valence-electron chi connectivity index (χ0n) is 14.1. The van der Waals surface area contributed by atoms with Gasteiger partial charge in [0, 0.05) is 25.6 Å². The van der Waals surface area contributed by atoms with Crippen LogP contribution in [0.3, 0.4) is 0 Å². The molecule has 0 bridgehead atoms. The molecule has 0 aromatic rings. The van der Waals surface area contributed by atoms with Crippen LogP contribution in [-0.2, 0) is 14.2 Å². The van der Waals surface area contributed by atoms with Gasteiger partial charge in [0.15, 0.2) is 0 Å². The Bertz CT molecular complexity index is 238. The van der Waals surface area contributed by atoms with Gasteiger partial charge in [0.1, 0.15) is 0 Å². The van der Waals surface area contributed by atoms with Gasteiger partial charge in [-0.05, 0) is 19.3 Å². The summed E-state index contributed by atoms with van der Waals surface area (Å²) in [6.07, 6.45) is 7.43. The topological polar surface area (TPSA) is 27.7 Å². The van der Waals surface area contributed by atoms with Crippen LogP contribution < -0.4 is 0 Å². The number of hydrogen-bond acceptors (Lipinski definition) is 4. The third-order valence-electron chi connectivity index (χ3n) is 3.77. The number of unbranched alkanes of at least 4 members (excludes halogenated alkanes) is 3. The normalized spacial score (nSPS) is 25.6. The second kappa shape index (κ2) is 12.7. The van der Waals surface area contributed by atoms with Crippen LogP contribution in [0.2, 0.25) is 0 Å². The van der Waals surface area contributed by atoms with Gasteiger partial charge in [-0.3, -0.25) is 0 Å². The Morgan fingerprint density at radius 3 is 2.14 bits per heavy atom. The maximum atomic E-state index is 6.13. The van der Waals surface area contributed by atoms with Crippen molar-refractivity contribution in [1.29, 1.82) is 0 Å². The average molecular weight is 319 g/mol. The van der Waals surface area contributed by atoms with E-state index in [1.54, 1.807) is 0 Å². The van der Waals surface area contributed by atoms with Gasteiger partial charge in [-0.2, -0.15) is 11.8 Å². The summed E-state index contributed by atoms with van der Waals surface area (Å²) in [6.45, 7) is 9.98. The molecule has 126 valence electrons. The summed E-state index contributed by atoms with van der Waals surface area (Å²) >= 11 is 1.96. The lowest BCUT2D eigenvalue weighted by Crippen LogP contribution is -2.37. The quantitative estimate of drug-likeness (QED) is 0.474. The van der Waals surface area contributed by atoms with E-state index in [9.17, 15) is 0 Å². The minimum Gasteiger partial charge on any atom is -0.380 e. The van der Waals surface area contributed by atoms with E-state index in [1.165, 1.54) is 19.3 Å². The summed E-state index contributed by atoms with van der Waals surface area (Å²) < 4.78 is 18.0. The Labute approximate surface area is 135 Å². The number of ether oxygens (including phenoxy) is 3. The first kappa shape index (κ1) is 19.3. The third kappa shape index (κ3) is 7.87. The standard InChI is InChI=1S/C17H34O3S/c1-4-7-10-18-13-16-17(20-12-9-6-3)15(14-21-16)19-11-8-5-2/h15-17H,4-14H2,1-3H3/t15-,16-,17+/m0/s1. The molecular formula is C17H34O3S. The lowest BCUT2D eigenvalue weighted by molar-refractivity contribution is -0.0656. The van der Waals surface area contributed by atoms with E-state index in [-0.39, 0.29) is 12.2 Å². The molecule has 1 fully saturated rings. The lowest BCUT2D eigenvalue weighted by atomic mass is 10.1. The van der Waals surface area contributed by atoms with Crippen LogP contribution in [0.15, 0.2) is 0 Å². The van der Waals surface area contributed by atoms with E-state index < -0.39 is 0 Å². The van der Waals surface area contributed by atoms with Gasteiger partial charge in [0.25, 0.3) is 0 Å². The molecule has 21 heavy (non-hydrogen) atoms. The molecule has 0 aromatic carbocycles. The van der Waals surface area contributed by atoms with E-state index in [0.29, 0.717) is 5.25 Å². The number of thioether (sulfide) groups is 1. The van der Waals surface area contributed by atoms with Crippen LogP contribution in [0, 0.1) is 0 Å².